The Morgan fingerprint density at radius 2 is 1.79 bits per heavy atom. The number of nitrogens with zero attached hydrogens (tertiary/aromatic N) is 3. The van der Waals surface area contributed by atoms with Crippen molar-refractivity contribution in [2.75, 3.05) is 19.3 Å². The molecule has 0 unspecified atom stereocenters. The van der Waals surface area contributed by atoms with E-state index in [9.17, 15) is 8.42 Å². The summed E-state index contributed by atoms with van der Waals surface area (Å²) < 4.78 is 31.8. The van der Waals surface area contributed by atoms with Crippen molar-refractivity contribution in [1.29, 1.82) is 0 Å². The van der Waals surface area contributed by atoms with Crippen LogP contribution in [0, 0.1) is 0 Å². The highest BCUT2D eigenvalue weighted by atomic mass is 32.2. The number of hydrogen-bond donors (Lipinski definition) is 0. The Labute approximate surface area is 194 Å². The second-order valence-electron chi connectivity index (χ2n) is 8.61. The van der Waals surface area contributed by atoms with Gasteiger partial charge in [0.2, 0.25) is 0 Å². The van der Waals surface area contributed by atoms with E-state index >= 15 is 0 Å². The third-order valence-electron chi connectivity index (χ3n) is 6.14. The average molecular weight is 462 g/mol. The molecule has 0 aliphatic carbocycles. The van der Waals surface area contributed by atoms with Crippen molar-refractivity contribution in [2.24, 2.45) is 0 Å². The molecule has 170 valence electrons. The van der Waals surface area contributed by atoms with Crippen LogP contribution < -0.4 is 4.74 Å². The van der Waals surface area contributed by atoms with Crippen LogP contribution in [0.25, 0.3) is 16.7 Å². The van der Waals surface area contributed by atoms with Gasteiger partial charge in [-0.05, 0) is 54.8 Å². The highest BCUT2D eigenvalue weighted by molar-refractivity contribution is 7.90. The Kier molecular flexibility index (Phi) is 5.91. The van der Waals surface area contributed by atoms with Gasteiger partial charge in [-0.3, -0.25) is 4.90 Å². The smallest absolute Gasteiger partial charge is 0.175 e. The zero-order valence-corrected chi connectivity index (χ0v) is 19.4. The first-order valence-electron chi connectivity index (χ1n) is 11.2. The second kappa shape index (κ2) is 9.00. The van der Waals surface area contributed by atoms with E-state index in [2.05, 4.69) is 40.2 Å². The lowest BCUT2D eigenvalue weighted by Gasteiger charge is -2.32. The standard InChI is InChI=1S/C26H27N3O3S/c1-33(30,31)24-8-9-25-21(17-24)11-16-29(25)26-10-7-23(18-27-26)32-22-12-14-28(15-13-22)19-20-5-3-2-4-6-20/h2-11,16-18,22H,12-15,19H2,1H3. The third-order valence-corrected chi connectivity index (χ3v) is 7.25. The van der Waals surface area contributed by atoms with Crippen LogP contribution in [-0.4, -0.2) is 48.3 Å². The van der Waals surface area contributed by atoms with E-state index < -0.39 is 9.84 Å². The van der Waals surface area contributed by atoms with Gasteiger partial charge in [-0.2, -0.15) is 0 Å². The fourth-order valence-corrected chi connectivity index (χ4v) is 5.01. The van der Waals surface area contributed by atoms with Crippen molar-refractivity contribution < 1.29 is 13.2 Å². The molecule has 1 aliphatic heterocycles. The Bertz CT molecular complexity index is 1340. The lowest BCUT2D eigenvalue weighted by atomic mass is 10.1. The molecule has 3 heterocycles. The lowest BCUT2D eigenvalue weighted by Crippen LogP contribution is -2.37. The SMILES string of the molecule is CS(=O)(=O)c1ccc2c(ccn2-c2ccc(OC3CCN(Cc4ccccc4)CC3)cn2)c1. The van der Waals surface area contributed by atoms with Gasteiger partial charge in [0.25, 0.3) is 0 Å². The topological polar surface area (TPSA) is 64.4 Å². The summed E-state index contributed by atoms with van der Waals surface area (Å²) in [7, 11) is -3.23. The summed E-state index contributed by atoms with van der Waals surface area (Å²) in [5.41, 5.74) is 2.26. The van der Waals surface area contributed by atoms with Crippen molar-refractivity contribution >= 4 is 20.7 Å². The third kappa shape index (κ3) is 4.94. The zero-order valence-electron chi connectivity index (χ0n) is 18.6. The molecule has 0 amide bonds. The van der Waals surface area contributed by atoms with Gasteiger partial charge in [0.1, 0.15) is 17.7 Å². The molecule has 1 saturated heterocycles. The van der Waals surface area contributed by atoms with Crippen molar-refractivity contribution in [2.45, 2.75) is 30.4 Å². The first-order valence-corrected chi connectivity index (χ1v) is 13.1. The van der Waals surface area contributed by atoms with E-state index in [0.717, 1.165) is 54.9 Å². The molecule has 2 aromatic carbocycles. The van der Waals surface area contributed by atoms with Crippen LogP contribution in [-0.2, 0) is 16.4 Å². The van der Waals surface area contributed by atoms with E-state index in [1.165, 1.54) is 11.8 Å². The van der Waals surface area contributed by atoms with Crippen LogP contribution in [0.3, 0.4) is 0 Å². The Morgan fingerprint density at radius 1 is 1.00 bits per heavy atom. The molecule has 0 N–H and O–H groups in total. The van der Waals surface area contributed by atoms with Gasteiger partial charge in [-0.15, -0.1) is 0 Å². The summed E-state index contributed by atoms with van der Waals surface area (Å²) >= 11 is 0. The summed E-state index contributed by atoms with van der Waals surface area (Å²) in [6, 6.07) is 21.5. The number of benzene rings is 2. The zero-order chi connectivity index (χ0) is 22.8. The van der Waals surface area contributed by atoms with E-state index in [1.807, 2.05) is 35.0 Å². The molecule has 0 atom stereocenters. The predicted molar refractivity (Wildman–Crippen MR) is 130 cm³/mol. The number of hydrogen-bond acceptors (Lipinski definition) is 5. The number of rotatable bonds is 6. The molecule has 0 bridgehead atoms. The van der Waals surface area contributed by atoms with E-state index in [-0.39, 0.29) is 6.10 Å². The second-order valence-corrected chi connectivity index (χ2v) is 10.6. The van der Waals surface area contributed by atoms with Crippen molar-refractivity contribution in [3.05, 3.63) is 84.7 Å². The molecule has 1 fully saturated rings. The van der Waals surface area contributed by atoms with Crippen molar-refractivity contribution in [3.63, 3.8) is 0 Å². The fraction of sp³-hybridized carbons (Fsp3) is 0.269. The molecule has 1 aliphatic rings. The van der Waals surface area contributed by atoms with E-state index in [1.54, 1.807) is 18.3 Å². The number of sulfone groups is 1. The average Bonchev–Trinajstić information content (AvgIpc) is 3.24. The maximum Gasteiger partial charge on any atom is 0.175 e. The molecule has 7 heteroatoms. The summed E-state index contributed by atoms with van der Waals surface area (Å²) in [6.07, 6.45) is 7.09. The van der Waals surface area contributed by atoms with Gasteiger partial charge in [0.05, 0.1) is 16.6 Å². The lowest BCUT2D eigenvalue weighted by molar-refractivity contribution is 0.0965. The Hall–Kier alpha value is -3.16. The molecule has 33 heavy (non-hydrogen) atoms. The van der Waals surface area contributed by atoms with Gasteiger partial charge in [-0.1, -0.05) is 30.3 Å². The maximum atomic E-state index is 11.8. The summed E-state index contributed by atoms with van der Waals surface area (Å²) in [5, 5.41) is 0.863. The van der Waals surface area contributed by atoms with Crippen LogP contribution in [0.1, 0.15) is 18.4 Å². The first kappa shape index (κ1) is 21.7. The van der Waals surface area contributed by atoms with Crippen molar-refractivity contribution in [1.82, 2.24) is 14.5 Å². The van der Waals surface area contributed by atoms with Gasteiger partial charge in [0, 0.05) is 37.5 Å². The minimum atomic E-state index is -3.23. The van der Waals surface area contributed by atoms with Crippen LogP contribution in [0.4, 0.5) is 0 Å². The maximum absolute atomic E-state index is 11.8. The van der Waals surface area contributed by atoms with Crippen LogP contribution in [0.15, 0.2) is 84.0 Å². The van der Waals surface area contributed by atoms with Gasteiger partial charge >= 0.3 is 0 Å². The summed E-state index contributed by atoms with van der Waals surface area (Å²) in [4.78, 5) is 7.38. The monoisotopic (exact) mass is 461 g/mol. The number of ether oxygens (including phenoxy) is 1. The Morgan fingerprint density at radius 3 is 2.48 bits per heavy atom. The van der Waals surface area contributed by atoms with Gasteiger partial charge in [-0.25, -0.2) is 13.4 Å². The molecule has 2 aromatic heterocycles. The highest BCUT2D eigenvalue weighted by Gasteiger charge is 2.21. The molecule has 0 radical (unpaired) electrons. The van der Waals surface area contributed by atoms with Gasteiger partial charge < -0.3 is 9.30 Å². The largest absolute Gasteiger partial charge is 0.489 e. The van der Waals surface area contributed by atoms with Gasteiger partial charge in [0.15, 0.2) is 9.84 Å². The summed E-state index contributed by atoms with van der Waals surface area (Å²) in [6.45, 7) is 3.03. The van der Waals surface area contributed by atoms with Crippen LogP contribution >= 0.6 is 0 Å². The number of piperidine rings is 1. The van der Waals surface area contributed by atoms with Crippen molar-refractivity contribution in [3.8, 4) is 11.6 Å². The molecular formula is C26H27N3O3S. The molecule has 0 saturated carbocycles. The van der Waals surface area contributed by atoms with Crippen LogP contribution in [0.5, 0.6) is 5.75 Å². The number of pyridine rings is 1. The first-order chi connectivity index (χ1) is 16.0. The fourth-order valence-electron chi connectivity index (χ4n) is 4.36. The quantitative estimate of drug-likeness (QED) is 0.424. The minimum Gasteiger partial charge on any atom is -0.489 e. The highest BCUT2D eigenvalue weighted by Crippen LogP contribution is 2.25. The Balaban J connectivity index is 1.22. The molecule has 4 aromatic rings. The predicted octanol–water partition coefficient (Wildman–Crippen LogP) is 4.47. The number of likely N-dealkylation sites (tertiary alicyclic amines) is 1. The normalized spacial score (nSPS) is 15.7. The minimum absolute atomic E-state index is 0.200. The number of aromatic nitrogens is 2. The van der Waals surface area contributed by atoms with E-state index in [0.29, 0.717) is 4.90 Å². The van der Waals surface area contributed by atoms with E-state index in [4.69, 9.17) is 4.74 Å². The molecule has 6 nitrogen and oxygen atoms in total. The summed E-state index contributed by atoms with van der Waals surface area (Å²) in [5.74, 6) is 1.54. The number of fused-ring (bicyclic) bond motifs is 1. The molecular weight excluding hydrogens is 434 g/mol. The molecule has 5 rings (SSSR count). The van der Waals surface area contributed by atoms with Crippen LogP contribution in [0.2, 0.25) is 0 Å². The molecule has 0 spiro atoms.